The molecule has 202 valence electrons. The number of aryl methyl sites for hydroxylation is 2. The molecule has 0 aliphatic heterocycles. The highest BCUT2D eigenvalue weighted by molar-refractivity contribution is 7.92. The minimum absolute atomic E-state index is 0.0146. The van der Waals surface area contributed by atoms with Crippen molar-refractivity contribution < 1.29 is 18.0 Å². The maximum absolute atomic E-state index is 13.9. The van der Waals surface area contributed by atoms with E-state index in [1.807, 2.05) is 13.0 Å². The average Bonchev–Trinajstić information content (AvgIpc) is 2.87. The van der Waals surface area contributed by atoms with Gasteiger partial charge in [0.2, 0.25) is 11.8 Å². The Morgan fingerprint density at radius 3 is 2.26 bits per heavy atom. The van der Waals surface area contributed by atoms with Gasteiger partial charge in [0.05, 0.1) is 10.6 Å². The Balaban J connectivity index is 2.07. The lowest BCUT2D eigenvalue weighted by atomic mass is 10.1. The predicted molar refractivity (Wildman–Crippen MR) is 152 cm³/mol. The van der Waals surface area contributed by atoms with Gasteiger partial charge in [-0.15, -0.1) is 0 Å². The SMILES string of the molecule is CCNC(=O)[C@H](C)N(Cc1ccc(Cl)cc1Cl)C(=O)CN(c1ccc(C)cc1C)S(=O)(=O)c1ccccc1. The Morgan fingerprint density at radius 1 is 0.974 bits per heavy atom. The summed E-state index contributed by atoms with van der Waals surface area (Å²) in [4.78, 5) is 28.1. The number of sulfonamides is 1. The number of rotatable bonds is 10. The monoisotopic (exact) mass is 575 g/mol. The fraction of sp³-hybridized carbons (Fsp3) is 0.286. The standard InChI is InChI=1S/C28H31Cl2N3O4S/c1-5-31-28(35)21(4)32(17-22-12-13-23(29)16-25(22)30)27(34)18-33(26-14-11-19(2)15-20(26)3)38(36,37)24-9-7-6-8-10-24/h6-16,21H,5,17-18H2,1-4H3,(H,31,35)/t21-/m0/s1. The Labute approximate surface area is 234 Å². The Hall–Kier alpha value is -3.07. The first-order chi connectivity index (χ1) is 17.9. The van der Waals surface area contributed by atoms with E-state index in [0.717, 1.165) is 9.87 Å². The lowest BCUT2D eigenvalue weighted by Crippen LogP contribution is -2.51. The van der Waals surface area contributed by atoms with E-state index >= 15 is 0 Å². The molecule has 1 atom stereocenters. The topological polar surface area (TPSA) is 86.8 Å². The van der Waals surface area contributed by atoms with Crippen LogP contribution < -0.4 is 9.62 Å². The molecular formula is C28H31Cl2N3O4S. The van der Waals surface area contributed by atoms with Gasteiger partial charge < -0.3 is 10.2 Å². The van der Waals surface area contributed by atoms with E-state index in [1.165, 1.54) is 17.0 Å². The number of carbonyl (C=O) groups excluding carboxylic acids is 2. The molecule has 10 heteroatoms. The van der Waals surface area contributed by atoms with Gasteiger partial charge in [0.25, 0.3) is 10.0 Å². The third-order valence-electron chi connectivity index (χ3n) is 6.11. The summed E-state index contributed by atoms with van der Waals surface area (Å²) in [5.74, 6) is -0.927. The van der Waals surface area contributed by atoms with Crippen molar-refractivity contribution in [2.75, 3.05) is 17.4 Å². The van der Waals surface area contributed by atoms with Crippen molar-refractivity contribution in [2.24, 2.45) is 0 Å². The molecule has 3 aromatic rings. The summed E-state index contributed by atoms with van der Waals surface area (Å²) in [6, 6.07) is 17.3. The van der Waals surface area contributed by atoms with Crippen LogP contribution in [0.15, 0.2) is 71.6 Å². The molecule has 0 spiro atoms. The predicted octanol–water partition coefficient (Wildman–Crippen LogP) is 5.36. The summed E-state index contributed by atoms with van der Waals surface area (Å²) in [7, 11) is -4.12. The lowest BCUT2D eigenvalue weighted by molar-refractivity contribution is -0.139. The van der Waals surface area contributed by atoms with Crippen molar-refractivity contribution in [2.45, 2.75) is 45.2 Å². The smallest absolute Gasteiger partial charge is 0.264 e. The fourth-order valence-electron chi connectivity index (χ4n) is 4.06. The molecule has 0 aliphatic carbocycles. The summed E-state index contributed by atoms with van der Waals surface area (Å²) in [5.41, 5.74) is 2.60. The zero-order valence-corrected chi connectivity index (χ0v) is 24.1. The van der Waals surface area contributed by atoms with Gasteiger partial charge in [-0.05, 0) is 69.2 Å². The van der Waals surface area contributed by atoms with Crippen LogP contribution in [0.1, 0.15) is 30.5 Å². The second-order valence-electron chi connectivity index (χ2n) is 8.94. The highest BCUT2D eigenvalue weighted by Gasteiger charge is 2.33. The molecule has 0 unspecified atom stereocenters. The molecule has 3 aromatic carbocycles. The lowest BCUT2D eigenvalue weighted by Gasteiger charge is -2.32. The largest absolute Gasteiger partial charge is 0.355 e. The first-order valence-corrected chi connectivity index (χ1v) is 14.3. The molecule has 0 fully saturated rings. The first-order valence-electron chi connectivity index (χ1n) is 12.1. The average molecular weight is 577 g/mol. The Bertz CT molecular complexity index is 1410. The van der Waals surface area contributed by atoms with Gasteiger partial charge in [-0.3, -0.25) is 13.9 Å². The van der Waals surface area contributed by atoms with E-state index in [0.29, 0.717) is 33.4 Å². The highest BCUT2D eigenvalue weighted by Crippen LogP contribution is 2.29. The van der Waals surface area contributed by atoms with Crippen molar-refractivity contribution in [3.8, 4) is 0 Å². The number of hydrogen-bond acceptors (Lipinski definition) is 4. The molecule has 0 saturated carbocycles. The van der Waals surface area contributed by atoms with Crippen molar-refractivity contribution in [1.82, 2.24) is 10.2 Å². The van der Waals surface area contributed by atoms with Gasteiger partial charge in [-0.25, -0.2) is 8.42 Å². The van der Waals surface area contributed by atoms with Crippen LogP contribution in [-0.2, 0) is 26.2 Å². The summed E-state index contributed by atoms with van der Waals surface area (Å²) in [6.45, 7) is 6.92. The van der Waals surface area contributed by atoms with Gasteiger partial charge in [-0.1, -0.05) is 65.2 Å². The molecular weight excluding hydrogens is 545 g/mol. The molecule has 3 rings (SSSR count). The van der Waals surface area contributed by atoms with Crippen LogP contribution in [0.3, 0.4) is 0 Å². The zero-order valence-electron chi connectivity index (χ0n) is 21.7. The second kappa shape index (κ2) is 12.7. The highest BCUT2D eigenvalue weighted by atomic mass is 35.5. The molecule has 0 aliphatic rings. The zero-order chi connectivity index (χ0) is 28.0. The number of anilines is 1. The summed E-state index contributed by atoms with van der Waals surface area (Å²) >= 11 is 12.4. The number of nitrogens with zero attached hydrogens (tertiary/aromatic N) is 2. The molecule has 1 N–H and O–H groups in total. The Morgan fingerprint density at radius 2 is 1.66 bits per heavy atom. The first kappa shape index (κ1) is 29.5. The molecule has 0 saturated heterocycles. The van der Waals surface area contributed by atoms with E-state index < -0.39 is 28.5 Å². The molecule has 0 heterocycles. The maximum Gasteiger partial charge on any atom is 0.264 e. The maximum atomic E-state index is 13.9. The van der Waals surface area contributed by atoms with Gasteiger partial charge in [0.1, 0.15) is 12.6 Å². The van der Waals surface area contributed by atoms with E-state index in [1.54, 1.807) is 69.3 Å². The number of carbonyl (C=O) groups is 2. The van der Waals surface area contributed by atoms with Crippen molar-refractivity contribution >= 4 is 50.7 Å². The van der Waals surface area contributed by atoms with Crippen molar-refractivity contribution in [3.05, 3.63) is 93.5 Å². The van der Waals surface area contributed by atoms with Crippen LogP contribution in [0.2, 0.25) is 10.0 Å². The summed E-state index contributed by atoms with van der Waals surface area (Å²) in [5, 5.41) is 3.50. The number of nitrogens with one attached hydrogen (secondary N) is 1. The van der Waals surface area contributed by atoms with Crippen LogP contribution >= 0.6 is 23.2 Å². The minimum atomic E-state index is -4.12. The van der Waals surface area contributed by atoms with Crippen molar-refractivity contribution in [3.63, 3.8) is 0 Å². The van der Waals surface area contributed by atoms with Crippen LogP contribution in [0.25, 0.3) is 0 Å². The van der Waals surface area contributed by atoms with Crippen LogP contribution in [-0.4, -0.2) is 44.3 Å². The summed E-state index contributed by atoms with van der Waals surface area (Å²) < 4.78 is 28.7. The molecule has 38 heavy (non-hydrogen) atoms. The third kappa shape index (κ3) is 6.87. The van der Waals surface area contributed by atoms with E-state index in [4.69, 9.17) is 23.2 Å². The molecule has 2 amide bonds. The molecule has 7 nitrogen and oxygen atoms in total. The van der Waals surface area contributed by atoms with Crippen molar-refractivity contribution in [1.29, 1.82) is 0 Å². The third-order valence-corrected chi connectivity index (χ3v) is 8.47. The molecule has 0 radical (unpaired) electrons. The normalized spacial score (nSPS) is 12.1. The number of benzene rings is 3. The van der Waals surface area contributed by atoms with Crippen LogP contribution in [0.4, 0.5) is 5.69 Å². The van der Waals surface area contributed by atoms with E-state index in [9.17, 15) is 18.0 Å². The van der Waals surface area contributed by atoms with Crippen LogP contribution in [0, 0.1) is 13.8 Å². The van der Waals surface area contributed by atoms with Gasteiger partial charge in [0, 0.05) is 23.1 Å². The number of hydrogen-bond donors (Lipinski definition) is 1. The number of halogens is 2. The number of amides is 2. The fourth-order valence-corrected chi connectivity index (χ4v) is 6.02. The molecule has 0 aromatic heterocycles. The Kier molecular flexibility index (Phi) is 9.82. The van der Waals surface area contributed by atoms with E-state index in [-0.39, 0.29) is 17.3 Å². The second-order valence-corrected chi connectivity index (χ2v) is 11.6. The van der Waals surface area contributed by atoms with Gasteiger partial charge in [0.15, 0.2) is 0 Å². The minimum Gasteiger partial charge on any atom is -0.355 e. The van der Waals surface area contributed by atoms with Gasteiger partial charge >= 0.3 is 0 Å². The van der Waals surface area contributed by atoms with Gasteiger partial charge in [-0.2, -0.15) is 0 Å². The summed E-state index contributed by atoms with van der Waals surface area (Å²) in [6.07, 6.45) is 0. The quantitative estimate of drug-likeness (QED) is 0.352. The van der Waals surface area contributed by atoms with E-state index in [2.05, 4.69) is 5.32 Å². The van der Waals surface area contributed by atoms with Crippen LogP contribution in [0.5, 0.6) is 0 Å². The molecule has 0 bridgehead atoms. The number of likely N-dealkylation sites (N-methyl/N-ethyl adjacent to an activating group) is 1.